The molecule has 3 heteroatoms. The smallest absolute Gasteiger partial charge is 0.134 e. The largest absolute Gasteiger partial charge is 0.496 e. The van der Waals surface area contributed by atoms with Crippen LogP contribution in [0.15, 0.2) is 11.4 Å². The third-order valence-corrected chi connectivity index (χ3v) is 3.83. The minimum absolute atomic E-state index is 0.172. The number of methoxy groups -OCH3 is 1. The SMILES string of the molecule is COc1ccsc1C(N)CCC1CC1. The monoisotopic (exact) mass is 211 g/mol. The summed E-state index contributed by atoms with van der Waals surface area (Å²) in [5, 5.41) is 2.05. The first kappa shape index (κ1) is 9.99. The summed E-state index contributed by atoms with van der Waals surface area (Å²) in [6.07, 6.45) is 5.20. The molecule has 1 saturated carbocycles. The average Bonchev–Trinajstić information content (AvgIpc) is 2.90. The molecular weight excluding hydrogens is 194 g/mol. The molecule has 1 atom stereocenters. The van der Waals surface area contributed by atoms with Gasteiger partial charge in [-0.05, 0) is 30.2 Å². The van der Waals surface area contributed by atoms with Crippen molar-refractivity contribution in [3.05, 3.63) is 16.3 Å². The fourth-order valence-corrected chi connectivity index (χ4v) is 2.60. The fraction of sp³-hybridized carbons (Fsp3) is 0.636. The van der Waals surface area contributed by atoms with Gasteiger partial charge in [-0.3, -0.25) is 0 Å². The van der Waals surface area contributed by atoms with Crippen LogP contribution >= 0.6 is 11.3 Å². The van der Waals surface area contributed by atoms with Gasteiger partial charge < -0.3 is 10.5 Å². The van der Waals surface area contributed by atoms with E-state index in [0.29, 0.717) is 0 Å². The molecule has 1 heterocycles. The van der Waals surface area contributed by atoms with Crippen LogP contribution in [0.2, 0.25) is 0 Å². The number of nitrogens with two attached hydrogens (primary N) is 1. The lowest BCUT2D eigenvalue weighted by atomic mass is 10.1. The number of hydrogen-bond donors (Lipinski definition) is 1. The lowest BCUT2D eigenvalue weighted by Crippen LogP contribution is -2.09. The van der Waals surface area contributed by atoms with E-state index in [1.807, 2.05) is 11.4 Å². The van der Waals surface area contributed by atoms with Gasteiger partial charge in [-0.25, -0.2) is 0 Å². The van der Waals surface area contributed by atoms with Crippen LogP contribution < -0.4 is 10.5 Å². The lowest BCUT2D eigenvalue weighted by Gasteiger charge is -2.11. The predicted octanol–water partition coefficient (Wildman–Crippen LogP) is 2.95. The number of ether oxygens (including phenoxy) is 1. The molecule has 1 aliphatic rings. The maximum absolute atomic E-state index is 6.12. The van der Waals surface area contributed by atoms with Crippen LogP contribution in [0.3, 0.4) is 0 Å². The van der Waals surface area contributed by atoms with Crippen molar-refractivity contribution in [3.8, 4) is 5.75 Å². The van der Waals surface area contributed by atoms with E-state index >= 15 is 0 Å². The van der Waals surface area contributed by atoms with Crippen molar-refractivity contribution in [2.75, 3.05) is 7.11 Å². The molecule has 2 N–H and O–H groups in total. The Balaban J connectivity index is 1.91. The van der Waals surface area contributed by atoms with Crippen molar-refractivity contribution in [3.63, 3.8) is 0 Å². The Morgan fingerprint density at radius 3 is 3.07 bits per heavy atom. The molecule has 1 fully saturated rings. The lowest BCUT2D eigenvalue weighted by molar-refractivity contribution is 0.406. The summed E-state index contributed by atoms with van der Waals surface area (Å²) in [5.74, 6) is 1.92. The molecule has 1 aromatic heterocycles. The highest BCUT2D eigenvalue weighted by Gasteiger charge is 2.23. The molecule has 1 aliphatic carbocycles. The second-order valence-corrected chi connectivity index (χ2v) is 4.93. The first-order valence-electron chi connectivity index (χ1n) is 5.18. The van der Waals surface area contributed by atoms with Crippen LogP contribution in [0.1, 0.15) is 36.6 Å². The van der Waals surface area contributed by atoms with Crippen molar-refractivity contribution in [2.24, 2.45) is 11.7 Å². The third kappa shape index (κ3) is 2.28. The van der Waals surface area contributed by atoms with Crippen LogP contribution in [0, 0.1) is 5.92 Å². The molecule has 1 aromatic rings. The number of rotatable bonds is 5. The van der Waals surface area contributed by atoms with Crippen molar-refractivity contribution in [1.82, 2.24) is 0 Å². The van der Waals surface area contributed by atoms with Crippen LogP contribution in [-0.2, 0) is 0 Å². The van der Waals surface area contributed by atoms with Crippen LogP contribution in [0.4, 0.5) is 0 Å². The highest BCUT2D eigenvalue weighted by Crippen LogP contribution is 2.38. The summed E-state index contributed by atoms with van der Waals surface area (Å²) in [6, 6.07) is 2.17. The van der Waals surface area contributed by atoms with Gasteiger partial charge in [-0.1, -0.05) is 12.8 Å². The quantitative estimate of drug-likeness (QED) is 0.812. The zero-order valence-corrected chi connectivity index (χ0v) is 9.35. The van der Waals surface area contributed by atoms with Gasteiger partial charge in [0.05, 0.1) is 12.0 Å². The minimum atomic E-state index is 0.172. The van der Waals surface area contributed by atoms with Crippen LogP contribution in [0.25, 0.3) is 0 Å². The van der Waals surface area contributed by atoms with Gasteiger partial charge in [0.1, 0.15) is 5.75 Å². The first-order chi connectivity index (χ1) is 6.81. The van der Waals surface area contributed by atoms with E-state index in [1.54, 1.807) is 18.4 Å². The van der Waals surface area contributed by atoms with E-state index in [4.69, 9.17) is 10.5 Å². The Hall–Kier alpha value is -0.540. The summed E-state index contributed by atoms with van der Waals surface area (Å²) < 4.78 is 5.26. The molecule has 0 bridgehead atoms. The Morgan fingerprint density at radius 1 is 1.64 bits per heavy atom. The summed E-state index contributed by atoms with van der Waals surface area (Å²) in [4.78, 5) is 1.20. The van der Waals surface area contributed by atoms with E-state index in [0.717, 1.165) is 18.1 Å². The average molecular weight is 211 g/mol. The normalized spacial score (nSPS) is 18.1. The second kappa shape index (κ2) is 4.32. The Bertz CT molecular complexity index is 293. The van der Waals surface area contributed by atoms with E-state index in [9.17, 15) is 0 Å². The Kier molecular flexibility index (Phi) is 3.08. The summed E-state index contributed by atoms with van der Waals surface area (Å²) in [6.45, 7) is 0. The summed E-state index contributed by atoms with van der Waals surface area (Å²) in [5.41, 5.74) is 6.12. The van der Waals surface area contributed by atoms with Crippen molar-refractivity contribution in [2.45, 2.75) is 31.7 Å². The molecule has 1 unspecified atom stereocenters. The molecule has 0 amide bonds. The van der Waals surface area contributed by atoms with Gasteiger partial charge >= 0.3 is 0 Å². The third-order valence-electron chi connectivity index (χ3n) is 2.80. The summed E-state index contributed by atoms with van der Waals surface area (Å²) >= 11 is 1.70. The van der Waals surface area contributed by atoms with E-state index < -0.39 is 0 Å². The van der Waals surface area contributed by atoms with Gasteiger partial charge in [-0.15, -0.1) is 11.3 Å². The standard InChI is InChI=1S/C11H17NOS/c1-13-10-6-7-14-11(10)9(12)5-4-8-2-3-8/h6-9H,2-5,12H2,1H3. The Morgan fingerprint density at radius 2 is 2.43 bits per heavy atom. The number of thiophene rings is 1. The zero-order chi connectivity index (χ0) is 9.97. The van der Waals surface area contributed by atoms with Gasteiger partial charge in [0.2, 0.25) is 0 Å². The Labute approximate surface area is 89.1 Å². The second-order valence-electron chi connectivity index (χ2n) is 3.98. The molecule has 0 aliphatic heterocycles. The molecule has 0 aromatic carbocycles. The molecule has 2 nitrogen and oxygen atoms in total. The van der Waals surface area contributed by atoms with Crippen molar-refractivity contribution >= 4 is 11.3 Å². The van der Waals surface area contributed by atoms with E-state index in [1.165, 1.54) is 24.1 Å². The highest BCUT2D eigenvalue weighted by atomic mass is 32.1. The highest BCUT2D eigenvalue weighted by molar-refractivity contribution is 7.10. The molecule has 2 rings (SSSR count). The number of hydrogen-bond acceptors (Lipinski definition) is 3. The van der Waals surface area contributed by atoms with Gasteiger partial charge in [0, 0.05) is 6.04 Å². The van der Waals surface area contributed by atoms with E-state index in [2.05, 4.69) is 0 Å². The minimum Gasteiger partial charge on any atom is -0.496 e. The molecule has 0 saturated heterocycles. The maximum atomic E-state index is 6.12. The van der Waals surface area contributed by atoms with Crippen LogP contribution in [-0.4, -0.2) is 7.11 Å². The van der Waals surface area contributed by atoms with Gasteiger partial charge in [0.25, 0.3) is 0 Å². The van der Waals surface area contributed by atoms with Gasteiger partial charge in [0.15, 0.2) is 0 Å². The predicted molar refractivity (Wildman–Crippen MR) is 59.8 cm³/mol. The first-order valence-corrected chi connectivity index (χ1v) is 6.06. The summed E-state index contributed by atoms with van der Waals surface area (Å²) in [7, 11) is 1.71. The van der Waals surface area contributed by atoms with Crippen LogP contribution in [0.5, 0.6) is 5.75 Å². The van der Waals surface area contributed by atoms with Crippen molar-refractivity contribution in [1.29, 1.82) is 0 Å². The topological polar surface area (TPSA) is 35.2 Å². The molecule has 78 valence electrons. The molecular formula is C11H17NOS. The zero-order valence-electron chi connectivity index (χ0n) is 8.53. The van der Waals surface area contributed by atoms with Crippen molar-refractivity contribution < 1.29 is 4.74 Å². The molecule has 14 heavy (non-hydrogen) atoms. The van der Waals surface area contributed by atoms with E-state index in [-0.39, 0.29) is 6.04 Å². The van der Waals surface area contributed by atoms with Gasteiger partial charge in [-0.2, -0.15) is 0 Å². The maximum Gasteiger partial charge on any atom is 0.134 e. The molecule has 0 spiro atoms. The molecule has 0 radical (unpaired) electrons. The fourth-order valence-electron chi connectivity index (χ4n) is 1.70.